The Balaban J connectivity index is 2.27. The molecule has 2 rings (SSSR count). The van der Waals surface area contributed by atoms with Gasteiger partial charge in [0.05, 0.1) is 48.3 Å². The molecular weight excluding hydrogens is 671 g/mol. The second-order valence-electron chi connectivity index (χ2n) is 14.8. The van der Waals surface area contributed by atoms with Crippen molar-refractivity contribution >= 4 is 40.9 Å². The molecule has 8 atom stereocenters. The third kappa shape index (κ3) is 11.9. The maximum atomic E-state index is 14.2. The molecule has 0 aliphatic carbocycles. The fourth-order valence-corrected chi connectivity index (χ4v) is 7.13. The van der Waals surface area contributed by atoms with Gasteiger partial charge >= 0.3 is 5.97 Å². The van der Waals surface area contributed by atoms with Crippen LogP contribution in [0.5, 0.6) is 0 Å². The monoisotopic (exact) mass is 733 g/mol. The highest BCUT2D eigenvalue weighted by molar-refractivity contribution is 7.80. The first kappa shape index (κ1) is 44.0. The fraction of sp³-hybridized carbons (Fsp3) is 0.711. The molecule has 0 spiro atoms. The number of rotatable bonds is 19. The van der Waals surface area contributed by atoms with Gasteiger partial charge in [-0.2, -0.15) is 0 Å². The van der Waals surface area contributed by atoms with E-state index in [1.54, 1.807) is 40.0 Å². The Morgan fingerprint density at radius 1 is 1.04 bits per heavy atom. The van der Waals surface area contributed by atoms with E-state index < -0.39 is 47.7 Å². The highest BCUT2D eigenvalue weighted by atomic mass is 32.1. The normalized spacial score (nSPS) is 18.9. The van der Waals surface area contributed by atoms with Crippen LogP contribution < -0.4 is 16.4 Å². The number of benzene rings is 1. The number of thiocarbonyl (C=S) groups is 1. The Kier molecular flexibility index (Phi) is 17.4. The zero-order valence-corrected chi connectivity index (χ0v) is 33.4. The number of esters is 1. The summed E-state index contributed by atoms with van der Waals surface area (Å²) in [6.07, 6.45) is 1.64. The molecule has 0 radical (unpaired) electrons. The fourth-order valence-electron chi connectivity index (χ4n) is 6.85. The molecule has 1 fully saturated rings. The van der Waals surface area contributed by atoms with Gasteiger partial charge in [-0.3, -0.25) is 14.4 Å². The summed E-state index contributed by atoms with van der Waals surface area (Å²) >= 11 is 5.83. The lowest BCUT2D eigenvalue weighted by Crippen LogP contribution is -2.60. The molecule has 1 aromatic carbocycles. The van der Waals surface area contributed by atoms with Gasteiger partial charge in [0.2, 0.25) is 17.7 Å². The molecule has 0 bridgehead atoms. The Hall–Kier alpha value is -3.13. The lowest BCUT2D eigenvalue weighted by atomic mass is 9.89. The average Bonchev–Trinajstić information content (AvgIpc) is 3.58. The number of ether oxygens (including phenoxy) is 3. The van der Waals surface area contributed by atoms with E-state index in [0.717, 1.165) is 24.8 Å². The second-order valence-corrected chi connectivity index (χ2v) is 15.2. The van der Waals surface area contributed by atoms with Crippen LogP contribution in [0.15, 0.2) is 30.3 Å². The molecule has 1 aliphatic heterocycles. The van der Waals surface area contributed by atoms with Gasteiger partial charge in [-0.05, 0) is 44.1 Å². The predicted molar refractivity (Wildman–Crippen MR) is 203 cm³/mol. The third-order valence-electron chi connectivity index (χ3n) is 10.1. The number of amides is 3. The molecule has 12 nitrogen and oxygen atoms in total. The van der Waals surface area contributed by atoms with E-state index in [1.807, 2.05) is 69.9 Å². The molecule has 1 saturated heterocycles. The molecular formula is C38H63N5O7S. The number of nitrogens with one attached hydrogen (secondary N) is 2. The minimum atomic E-state index is -1.15. The topological polar surface area (TPSA) is 153 Å². The van der Waals surface area contributed by atoms with E-state index in [4.69, 9.17) is 32.2 Å². The maximum Gasteiger partial charge on any atom is 0.328 e. The van der Waals surface area contributed by atoms with Gasteiger partial charge in [0.15, 0.2) is 0 Å². The SMILES string of the molecule is CC[C@H](C)[C@@H]([C@@H](CC(=O)N1CCC[C@H]1[C@H](OC)[C@@H](C)C(=S)N[C@@H](Cc1ccccc1)C(=O)OC)OC)N(C)C(=O)[C@@H](NC(=O)C(C)(C)N)C(C)C. The Labute approximate surface area is 310 Å². The van der Waals surface area contributed by atoms with Crippen molar-refractivity contribution < 1.29 is 33.4 Å². The summed E-state index contributed by atoms with van der Waals surface area (Å²) in [6, 6.07) is 7.44. The summed E-state index contributed by atoms with van der Waals surface area (Å²) in [4.78, 5) is 57.6. The molecule has 3 amide bonds. The molecule has 51 heavy (non-hydrogen) atoms. The number of likely N-dealkylation sites (N-methyl/N-ethyl adjacent to an activating group) is 1. The quantitative estimate of drug-likeness (QED) is 0.142. The van der Waals surface area contributed by atoms with Gasteiger partial charge in [-0.25, -0.2) is 4.79 Å². The minimum absolute atomic E-state index is 0.0191. The van der Waals surface area contributed by atoms with Gasteiger partial charge in [0, 0.05) is 40.2 Å². The van der Waals surface area contributed by atoms with Crippen LogP contribution in [0.25, 0.3) is 0 Å². The minimum Gasteiger partial charge on any atom is -0.467 e. The number of nitrogens with zero attached hydrogens (tertiary/aromatic N) is 2. The lowest BCUT2D eigenvalue weighted by molar-refractivity contribution is -0.147. The first-order valence-electron chi connectivity index (χ1n) is 18.1. The molecule has 0 saturated carbocycles. The standard InChI is InChI=1S/C38H63N5O7S/c1-12-24(4)32(42(8)35(45)31(23(2)3)41-37(47)38(6,7)39)29(48-9)22-30(44)43-20-16-19-28(43)33(49-10)25(5)34(51)40-27(36(46)50-11)21-26-17-14-13-15-18-26/h13-15,17-18,23-25,27-29,31-33H,12,16,19-22,39H2,1-11H3,(H,40,51)(H,41,47)/t24-,25+,27-,28-,29+,31-,32-,33+/m0/s1. The van der Waals surface area contributed by atoms with Crippen LogP contribution in [0.2, 0.25) is 0 Å². The van der Waals surface area contributed by atoms with Gasteiger partial charge in [-0.1, -0.05) is 83.6 Å². The molecule has 288 valence electrons. The van der Waals surface area contributed by atoms with E-state index >= 15 is 0 Å². The van der Waals surface area contributed by atoms with Crippen LogP contribution in [0.4, 0.5) is 0 Å². The van der Waals surface area contributed by atoms with Gasteiger partial charge < -0.3 is 40.4 Å². The number of methoxy groups -OCH3 is 3. The van der Waals surface area contributed by atoms with Gasteiger partial charge in [0.1, 0.15) is 12.1 Å². The zero-order chi connectivity index (χ0) is 38.6. The van der Waals surface area contributed by atoms with Crippen molar-refractivity contribution in [3.63, 3.8) is 0 Å². The van der Waals surface area contributed by atoms with Crippen molar-refractivity contribution in [2.75, 3.05) is 34.9 Å². The number of hydrogen-bond acceptors (Lipinski definition) is 9. The number of hydrogen-bond donors (Lipinski definition) is 3. The number of carbonyl (C=O) groups is 4. The summed E-state index contributed by atoms with van der Waals surface area (Å²) in [5.41, 5.74) is 5.84. The Morgan fingerprint density at radius 3 is 2.18 bits per heavy atom. The van der Waals surface area contributed by atoms with E-state index in [2.05, 4.69) is 10.6 Å². The van der Waals surface area contributed by atoms with Gasteiger partial charge in [-0.15, -0.1) is 0 Å². The van der Waals surface area contributed by atoms with Crippen molar-refractivity contribution in [2.24, 2.45) is 23.5 Å². The number of likely N-dealkylation sites (tertiary alicyclic amines) is 1. The molecule has 1 aromatic rings. The average molecular weight is 734 g/mol. The first-order valence-corrected chi connectivity index (χ1v) is 18.5. The lowest BCUT2D eigenvalue weighted by Gasteiger charge is -2.41. The zero-order valence-electron chi connectivity index (χ0n) is 32.6. The number of nitrogens with two attached hydrogens (primary N) is 1. The smallest absolute Gasteiger partial charge is 0.328 e. The van der Waals surface area contributed by atoms with Crippen LogP contribution >= 0.6 is 12.2 Å². The molecule has 1 aliphatic rings. The predicted octanol–water partition coefficient (Wildman–Crippen LogP) is 3.49. The summed E-state index contributed by atoms with van der Waals surface area (Å²) < 4.78 is 17.1. The van der Waals surface area contributed by atoms with Crippen LogP contribution in [0.1, 0.15) is 79.7 Å². The van der Waals surface area contributed by atoms with Crippen LogP contribution in [0, 0.1) is 17.8 Å². The maximum absolute atomic E-state index is 14.2. The molecule has 4 N–H and O–H groups in total. The molecule has 13 heteroatoms. The number of carbonyl (C=O) groups excluding carboxylic acids is 4. The molecule has 1 heterocycles. The van der Waals surface area contributed by atoms with Crippen LogP contribution in [-0.2, 0) is 39.8 Å². The van der Waals surface area contributed by atoms with E-state index in [0.29, 0.717) is 18.0 Å². The van der Waals surface area contributed by atoms with Crippen molar-refractivity contribution in [2.45, 2.75) is 122 Å². The largest absolute Gasteiger partial charge is 0.467 e. The summed E-state index contributed by atoms with van der Waals surface area (Å²) in [5, 5.41) is 6.06. The van der Waals surface area contributed by atoms with Crippen LogP contribution in [0.3, 0.4) is 0 Å². The summed E-state index contributed by atoms with van der Waals surface area (Å²) in [6.45, 7) is 13.5. The van der Waals surface area contributed by atoms with E-state index in [-0.39, 0.29) is 42.0 Å². The Bertz CT molecular complexity index is 1310. The highest BCUT2D eigenvalue weighted by Gasteiger charge is 2.43. The van der Waals surface area contributed by atoms with Gasteiger partial charge in [0.25, 0.3) is 0 Å². The summed E-state index contributed by atoms with van der Waals surface area (Å²) in [7, 11) is 6.23. The van der Waals surface area contributed by atoms with E-state index in [9.17, 15) is 19.2 Å². The molecule has 0 unspecified atom stereocenters. The highest BCUT2D eigenvalue weighted by Crippen LogP contribution is 2.30. The summed E-state index contributed by atoms with van der Waals surface area (Å²) in [5.74, 6) is -1.77. The van der Waals surface area contributed by atoms with Crippen molar-refractivity contribution in [1.29, 1.82) is 0 Å². The van der Waals surface area contributed by atoms with Crippen molar-refractivity contribution in [3.8, 4) is 0 Å². The second kappa shape index (κ2) is 20.2. The Morgan fingerprint density at radius 2 is 1.67 bits per heavy atom. The van der Waals surface area contributed by atoms with Crippen molar-refractivity contribution in [3.05, 3.63) is 35.9 Å². The van der Waals surface area contributed by atoms with Crippen LogP contribution in [-0.4, -0.2) is 115 Å². The molecule has 0 aromatic heterocycles. The first-order chi connectivity index (χ1) is 23.9. The van der Waals surface area contributed by atoms with E-state index in [1.165, 1.54) is 7.11 Å². The van der Waals surface area contributed by atoms with Crippen molar-refractivity contribution in [1.82, 2.24) is 20.4 Å². The third-order valence-corrected chi connectivity index (χ3v) is 10.6.